The number of likely N-dealkylation sites (tertiary alicyclic amines) is 2. The molecule has 2 saturated heterocycles. The predicted octanol–water partition coefficient (Wildman–Crippen LogP) is 2.92. The van der Waals surface area contributed by atoms with Gasteiger partial charge in [-0.2, -0.15) is 0 Å². The van der Waals surface area contributed by atoms with Crippen LogP contribution in [-0.4, -0.2) is 62.2 Å². The highest BCUT2D eigenvalue weighted by Gasteiger charge is 2.37. The molecule has 1 aromatic carbocycles. The molecule has 0 aromatic heterocycles. The van der Waals surface area contributed by atoms with Crippen LogP contribution in [0.2, 0.25) is 0 Å². The maximum Gasteiger partial charge on any atom is 0.317 e. The van der Waals surface area contributed by atoms with Gasteiger partial charge in [-0.1, -0.05) is 25.1 Å². The Balaban J connectivity index is 1.58. The van der Waals surface area contributed by atoms with Crippen molar-refractivity contribution in [1.82, 2.24) is 15.1 Å². The molecule has 3 atom stereocenters. The van der Waals surface area contributed by atoms with Gasteiger partial charge >= 0.3 is 6.03 Å². The zero-order valence-corrected chi connectivity index (χ0v) is 15.7. The SMILES string of the molecule is COc1ccccc1[C@H](C)CNC(=O)N1CCC[C@H]2CN(C)CC[C@@H]21. The van der Waals surface area contributed by atoms with Crippen LogP contribution in [0.1, 0.15) is 37.7 Å². The maximum absolute atomic E-state index is 12.8. The normalized spacial score (nSPS) is 25.2. The van der Waals surface area contributed by atoms with Gasteiger partial charge in [0.15, 0.2) is 0 Å². The lowest BCUT2D eigenvalue weighted by Crippen LogP contribution is -2.57. The Bertz CT molecular complexity index is 592. The molecule has 25 heavy (non-hydrogen) atoms. The largest absolute Gasteiger partial charge is 0.496 e. The number of carbonyl (C=O) groups is 1. The first-order valence-corrected chi connectivity index (χ1v) is 9.46. The molecule has 0 saturated carbocycles. The van der Waals surface area contributed by atoms with Crippen molar-refractivity contribution < 1.29 is 9.53 Å². The first kappa shape index (κ1) is 18.1. The quantitative estimate of drug-likeness (QED) is 0.912. The lowest BCUT2D eigenvalue weighted by atomic mass is 9.84. The fourth-order valence-electron chi connectivity index (χ4n) is 4.36. The number of fused-ring (bicyclic) bond motifs is 1. The van der Waals surface area contributed by atoms with Gasteiger partial charge in [0, 0.05) is 31.6 Å². The van der Waals surface area contributed by atoms with Crippen LogP contribution in [0.3, 0.4) is 0 Å². The Morgan fingerprint density at radius 2 is 2.12 bits per heavy atom. The average Bonchev–Trinajstić information content (AvgIpc) is 2.65. The summed E-state index contributed by atoms with van der Waals surface area (Å²) < 4.78 is 5.44. The van der Waals surface area contributed by atoms with Crippen LogP contribution in [-0.2, 0) is 0 Å². The predicted molar refractivity (Wildman–Crippen MR) is 100 cm³/mol. The average molecular weight is 345 g/mol. The minimum absolute atomic E-state index is 0.0981. The van der Waals surface area contributed by atoms with E-state index < -0.39 is 0 Å². The van der Waals surface area contributed by atoms with Crippen LogP contribution in [0.25, 0.3) is 0 Å². The summed E-state index contributed by atoms with van der Waals surface area (Å²) in [5.41, 5.74) is 1.14. The van der Waals surface area contributed by atoms with Crippen molar-refractivity contribution in [2.24, 2.45) is 5.92 Å². The highest BCUT2D eigenvalue weighted by atomic mass is 16.5. The molecular formula is C20H31N3O2. The second-order valence-corrected chi connectivity index (χ2v) is 7.54. The molecular weight excluding hydrogens is 314 g/mol. The Morgan fingerprint density at radius 1 is 1.32 bits per heavy atom. The van der Waals surface area contributed by atoms with Crippen LogP contribution in [0.5, 0.6) is 5.75 Å². The zero-order valence-electron chi connectivity index (χ0n) is 15.7. The summed E-state index contributed by atoms with van der Waals surface area (Å²) in [6, 6.07) is 8.55. The van der Waals surface area contributed by atoms with Crippen LogP contribution in [0, 0.1) is 5.92 Å². The second kappa shape index (κ2) is 8.09. The second-order valence-electron chi connectivity index (χ2n) is 7.54. The van der Waals surface area contributed by atoms with Crippen LogP contribution < -0.4 is 10.1 Å². The van der Waals surface area contributed by atoms with E-state index in [1.165, 1.54) is 6.42 Å². The van der Waals surface area contributed by atoms with E-state index in [1.54, 1.807) is 7.11 Å². The van der Waals surface area contributed by atoms with Gasteiger partial charge in [0.2, 0.25) is 0 Å². The number of hydrogen-bond acceptors (Lipinski definition) is 3. The lowest BCUT2D eigenvalue weighted by molar-refractivity contribution is 0.0533. The number of nitrogens with zero attached hydrogens (tertiary/aromatic N) is 2. The topological polar surface area (TPSA) is 44.8 Å². The van der Waals surface area contributed by atoms with Gasteiger partial charge in [0.25, 0.3) is 0 Å². The summed E-state index contributed by atoms with van der Waals surface area (Å²) in [7, 11) is 3.88. The van der Waals surface area contributed by atoms with Crippen LogP contribution in [0.15, 0.2) is 24.3 Å². The Kier molecular flexibility index (Phi) is 5.84. The molecule has 1 aromatic rings. The minimum atomic E-state index is 0.0981. The molecule has 2 heterocycles. The molecule has 2 aliphatic heterocycles. The van der Waals surface area contributed by atoms with Crippen molar-refractivity contribution >= 4 is 6.03 Å². The number of nitrogens with one attached hydrogen (secondary N) is 1. The molecule has 2 amide bonds. The van der Waals surface area contributed by atoms with E-state index in [2.05, 4.69) is 35.2 Å². The van der Waals surface area contributed by atoms with Crippen molar-refractivity contribution in [1.29, 1.82) is 0 Å². The van der Waals surface area contributed by atoms with Crippen molar-refractivity contribution in [2.75, 3.05) is 40.3 Å². The number of benzene rings is 1. The van der Waals surface area contributed by atoms with Crippen molar-refractivity contribution in [3.05, 3.63) is 29.8 Å². The summed E-state index contributed by atoms with van der Waals surface area (Å²) in [4.78, 5) is 17.3. The number of piperidine rings is 2. The minimum Gasteiger partial charge on any atom is -0.496 e. The number of carbonyl (C=O) groups excluding carboxylic acids is 1. The molecule has 0 bridgehead atoms. The van der Waals surface area contributed by atoms with Gasteiger partial charge in [-0.3, -0.25) is 0 Å². The first-order chi connectivity index (χ1) is 12.1. The van der Waals surface area contributed by atoms with Gasteiger partial charge in [-0.25, -0.2) is 4.79 Å². The van der Waals surface area contributed by atoms with Crippen molar-refractivity contribution in [3.8, 4) is 5.75 Å². The number of hydrogen-bond donors (Lipinski definition) is 1. The van der Waals surface area contributed by atoms with Gasteiger partial charge in [-0.15, -0.1) is 0 Å². The summed E-state index contributed by atoms with van der Waals surface area (Å²) in [5, 5.41) is 3.16. The molecule has 0 unspecified atom stereocenters. The number of urea groups is 1. The third-order valence-corrected chi connectivity index (χ3v) is 5.76. The lowest BCUT2D eigenvalue weighted by Gasteiger charge is -2.46. The van der Waals surface area contributed by atoms with E-state index in [4.69, 9.17) is 4.74 Å². The number of ether oxygens (including phenoxy) is 1. The molecule has 5 heteroatoms. The molecule has 2 aliphatic rings. The van der Waals surface area contributed by atoms with Crippen LogP contribution >= 0.6 is 0 Å². The highest BCUT2D eigenvalue weighted by Crippen LogP contribution is 2.30. The fourth-order valence-corrected chi connectivity index (χ4v) is 4.36. The van der Waals surface area contributed by atoms with E-state index in [9.17, 15) is 4.79 Å². The monoisotopic (exact) mass is 345 g/mol. The molecule has 0 aliphatic carbocycles. The van der Waals surface area contributed by atoms with Crippen molar-refractivity contribution in [3.63, 3.8) is 0 Å². The maximum atomic E-state index is 12.8. The molecule has 5 nitrogen and oxygen atoms in total. The summed E-state index contributed by atoms with van der Waals surface area (Å²) in [6.45, 7) is 5.86. The first-order valence-electron chi connectivity index (χ1n) is 9.46. The third kappa shape index (κ3) is 4.09. The van der Waals surface area contributed by atoms with Gasteiger partial charge in [-0.05, 0) is 50.4 Å². The Morgan fingerprint density at radius 3 is 2.92 bits per heavy atom. The zero-order chi connectivity index (χ0) is 17.8. The van der Waals surface area contributed by atoms with E-state index in [0.717, 1.165) is 43.8 Å². The molecule has 2 fully saturated rings. The summed E-state index contributed by atoms with van der Waals surface area (Å²) >= 11 is 0. The number of methoxy groups -OCH3 is 1. The van der Waals surface area contributed by atoms with Gasteiger partial charge < -0.3 is 19.9 Å². The van der Waals surface area contributed by atoms with Crippen LogP contribution in [0.4, 0.5) is 4.79 Å². The van der Waals surface area contributed by atoms with E-state index in [-0.39, 0.29) is 11.9 Å². The number of rotatable bonds is 4. The van der Waals surface area contributed by atoms with E-state index in [0.29, 0.717) is 18.5 Å². The Labute approximate surface area is 151 Å². The van der Waals surface area contributed by atoms with E-state index >= 15 is 0 Å². The van der Waals surface area contributed by atoms with Crippen molar-refractivity contribution in [2.45, 2.75) is 38.1 Å². The summed E-state index contributed by atoms with van der Waals surface area (Å²) in [6.07, 6.45) is 3.46. The molecule has 3 rings (SSSR count). The fraction of sp³-hybridized carbons (Fsp3) is 0.650. The Hall–Kier alpha value is -1.75. The van der Waals surface area contributed by atoms with Gasteiger partial charge in [0.1, 0.15) is 5.75 Å². The summed E-state index contributed by atoms with van der Waals surface area (Å²) in [5.74, 6) is 1.74. The van der Waals surface area contributed by atoms with Gasteiger partial charge in [0.05, 0.1) is 7.11 Å². The standard InChI is InChI=1S/C20H31N3O2/c1-15(17-8-4-5-9-19(17)25-3)13-21-20(24)23-11-6-7-16-14-22(2)12-10-18(16)23/h4-5,8-9,15-16,18H,6-7,10-14H2,1-3H3,(H,21,24)/t15-,16+,18+/m1/s1. The highest BCUT2D eigenvalue weighted by molar-refractivity contribution is 5.74. The smallest absolute Gasteiger partial charge is 0.317 e. The number of amides is 2. The molecule has 1 N–H and O–H groups in total. The third-order valence-electron chi connectivity index (χ3n) is 5.76. The molecule has 138 valence electrons. The number of para-hydroxylation sites is 1. The van der Waals surface area contributed by atoms with E-state index in [1.807, 2.05) is 18.2 Å². The molecule has 0 spiro atoms. The molecule has 0 radical (unpaired) electrons.